The van der Waals surface area contributed by atoms with Crippen molar-refractivity contribution in [2.75, 3.05) is 58.6 Å². The Morgan fingerprint density at radius 2 is 1.55 bits per heavy atom. The molecule has 1 aromatic heterocycles. The zero-order valence-corrected chi connectivity index (χ0v) is 23.7. The fraction of sp³-hybridized carbons (Fsp3) is 0.414. The molecule has 3 heterocycles. The van der Waals surface area contributed by atoms with Crippen molar-refractivity contribution in [2.24, 2.45) is 0 Å². The molecule has 0 unspecified atom stereocenters. The van der Waals surface area contributed by atoms with Gasteiger partial charge in [-0.25, -0.2) is 4.98 Å². The Kier molecular flexibility index (Phi) is 8.77. The van der Waals surface area contributed by atoms with E-state index in [9.17, 15) is 31.1 Å². The van der Waals surface area contributed by atoms with Crippen LogP contribution in [-0.2, 0) is 23.6 Å². The third-order valence-electron chi connectivity index (χ3n) is 7.15. The number of alkyl halides is 6. The zero-order valence-electron chi connectivity index (χ0n) is 23.7. The highest BCUT2D eigenvalue weighted by atomic mass is 19.4. The second-order valence-electron chi connectivity index (χ2n) is 10.1. The molecule has 0 saturated carbocycles. The van der Waals surface area contributed by atoms with Crippen LogP contribution in [0.1, 0.15) is 33.5 Å². The van der Waals surface area contributed by atoms with Gasteiger partial charge in [-0.1, -0.05) is 0 Å². The fourth-order valence-electron chi connectivity index (χ4n) is 4.99. The zero-order chi connectivity index (χ0) is 31.6. The van der Waals surface area contributed by atoms with Crippen molar-refractivity contribution in [3.05, 3.63) is 58.7 Å². The van der Waals surface area contributed by atoms with Gasteiger partial charge in [0, 0.05) is 37.8 Å². The molecule has 0 N–H and O–H groups in total. The first-order chi connectivity index (χ1) is 20.9. The van der Waals surface area contributed by atoms with Gasteiger partial charge in [0.15, 0.2) is 0 Å². The average Bonchev–Trinajstić information content (AvgIpc) is 3.00. The van der Waals surface area contributed by atoms with Gasteiger partial charge >= 0.3 is 12.4 Å². The Morgan fingerprint density at radius 3 is 2.16 bits per heavy atom. The highest BCUT2D eigenvalue weighted by Crippen LogP contribution is 2.40. The summed E-state index contributed by atoms with van der Waals surface area (Å²) in [4.78, 5) is 26.5. The third-order valence-corrected chi connectivity index (χ3v) is 7.15. The van der Waals surface area contributed by atoms with Crippen LogP contribution in [0.25, 0.3) is 11.3 Å². The molecular weight excluding hydrogens is 598 g/mol. The lowest BCUT2D eigenvalue weighted by molar-refractivity contribution is -0.143. The van der Waals surface area contributed by atoms with Gasteiger partial charge in [-0.2, -0.15) is 31.3 Å². The Balaban J connectivity index is 1.64. The number of anilines is 1. The van der Waals surface area contributed by atoms with Gasteiger partial charge in [-0.15, -0.1) is 0 Å². The van der Waals surface area contributed by atoms with Crippen molar-refractivity contribution in [2.45, 2.75) is 25.3 Å². The first-order valence-corrected chi connectivity index (χ1v) is 13.6. The number of aromatic nitrogens is 2. The van der Waals surface area contributed by atoms with E-state index in [-0.39, 0.29) is 54.3 Å². The summed E-state index contributed by atoms with van der Waals surface area (Å²) in [6, 6.07) is 6.13. The second kappa shape index (κ2) is 12.4. The van der Waals surface area contributed by atoms with E-state index in [1.807, 2.05) is 4.90 Å². The smallest absolute Gasteiger partial charge is 0.416 e. The number of methoxy groups -OCH3 is 2. The lowest BCUT2D eigenvalue weighted by Gasteiger charge is -2.30. The number of morpholine rings is 1. The van der Waals surface area contributed by atoms with Crippen LogP contribution in [0, 0.1) is 0 Å². The van der Waals surface area contributed by atoms with E-state index in [4.69, 9.17) is 23.9 Å². The van der Waals surface area contributed by atoms with Gasteiger partial charge in [0.25, 0.3) is 5.91 Å². The SMILES string of the molecule is COc1ccc(-c2nc(N3CCOCC3)nc3c2C(=O)N(Cc2cc(C(F)(F)F)cc(C(F)(F)F)c2)CCCO3)c(OC)c1. The summed E-state index contributed by atoms with van der Waals surface area (Å²) in [6.07, 6.45) is -9.81. The molecule has 1 fully saturated rings. The van der Waals surface area contributed by atoms with Crippen LogP contribution in [0.15, 0.2) is 36.4 Å². The largest absolute Gasteiger partial charge is 0.497 e. The molecule has 44 heavy (non-hydrogen) atoms. The first kappa shape index (κ1) is 31.2. The number of hydrogen-bond donors (Lipinski definition) is 0. The minimum absolute atomic E-state index is 0.0136. The summed E-state index contributed by atoms with van der Waals surface area (Å²) in [5, 5.41) is 0. The van der Waals surface area contributed by atoms with Crippen molar-refractivity contribution >= 4 is 11.9 Å². The molecule has 0 aliphatic carbocycles. The molecule has 1 amide bonds. The predicted octanol–water partition coefficient (Wildman–Crippen LogP) is 5.46. The van der Waals surface area contributed by atoms with Crippen molar-refractivity contribution in [1.82, 2.24) is 14.9 Å². The second-order valence-corrected chi connectivity index (χ2v) is 10.1. The number of fused-ring (bicyclic) bond motifs is 1. The van der Waals surface area contributed by atoms with Crippen LogP contribution in [0.4, 0.5) is 32.3 Å². The number of hydrogen-bond acceptors (Lipinski definition) is 8. The molecule has 2 aliphatic rings. The van der Waals surface area contributed by atoms with Crippen molar-refractivity contribution in [1.29, 1.82) is 0 Å². The first-order valence-electron chi connectivity index (χ1n) is 13.6. The van der Waals surface area contributed by atoms with Crippen LogP contribution < -0.4 is 19.1 Å². The molecule has 0 bridgehead atoms. The molecule has 236 valence electrons. The van der Waals surface area contributed by atoms with Crippen LogP contribution >= 0.6 is 0 Å². The Morgan fingerprint density at radius 1 is 0.864 bits per heavy atom. The highest BCUT2D eigenvalue weighted by molar-refractivity contribution is 6.03. The molecule has 2 aromatic carbocycles. The van der Waals surface area contributed by atoms with Crippen LogP contribution in [0.2, 0.25) is 0 Å². The summed E-state index contributed by atoms with van der Waals surface area (Å²) >= 11 is 0. The van der Waals surface area contributed by atoms with Crippen LogP contribution in [-0.4, -0.2) is 74.4 Å². The number of carbonyl (C=O) groups is 1. The molecular formula is C29H28F6N4O5. The number of carbonyl (C=O) groups excluding carboxylic acids is 1. The molecule has 0 radical (unpaired) electrons. The molecule has 1 saturated heterocycles. The number of rotatable bonds is 6. The van der Waals surface area contributed by atoms with E-state index in [0.29, 0.717) is 55.5 Å². The maximum absolute atomic E-state index is 14.2. The molecule has 9 nitrogen and oxygen atoms in total. The highest BCUT2D eigenvalue weighted by Gasteiger charge is 2.38. The maximum atomic E-state index is 14.2. The van der Waals surface area contributed by atoms with Crippen molar-refractivity contribution in [3.8, 4) is 28.6 Å². The van der Waals surface area contributed by atoms with Gasteiger partial charge in [0.2, 0.25) is 11.8 Å². The monoisotopic (exact) mass is 626 g/mol. The van der Waals surface area contributed by atoms with Gasteiger partial charge < -0.3 is 28.7 Å². The molecule has 2 aliphatic heterocycles. The van der Waals surface area contributed by atoms with E-state index in [1.165, 1.54) is 19.1 Å². The summed E-state index contributed by atoms with van der Waals surface area (Å²) in [7, 11) is 2.89. The predicted molar refractivity (Wildman–Crippen MR) is 145 cm³/mol. The standard InChI is InChI=1S/C29H28F6N4O5/c1-41-20-4-5-21(22(15-20)42-2)24-23-25(37-27(36-24)38-7-10-43-11-8-38)44-9-3-6-39(26(23)40)16-17-12-18(28(30,31)32)14-19(13-17)29(33,34)35/h4-5,12-15H,3,6-11,16H2,1-2H3. The summed E-state index contributed by atoms with van der Waals surface area (Å²) < 4.78 is 104. The Hall–Kier alpha value is -4.27. The molecule has 5 rings (SSSR count). The van der Waals surface area contributed by atoms with E-state index >= 15 is 0 Å². The van der Waals surface area contributed by atoms with Gasteiger partial charge in [0.05, 0.1) is 50.9 Å². The Bertz CT molecular complexity index is 1490. The number of nitrogens with zero attached hydrogens (tertiary/aromatic N) is 4. The minimum atomic E-state index is -5.03. The van der Waals surface area contributed by atoms with E-state index in [0.717, 1.165) is 0 Å². The lowest BCUT2D eigenvalue weighted by Crippen LogP contribution is -2.38. The maximum Gasteiger partial charge on any atom is 0.416 e. The average molecular weight is 627 g/mol. The minimum Gasteiger partial charge on any atom is -0.497 e. The molecule has 15 heteroatoms. The number of halogens is 6. The van der Waals surface area contributed by atoms with E-state index < -0.39 is 35.9 Å². The van der Waals surface area contributed by atoms with Crippen LogP contribution in [0.5, 0.6) is 17.4 Å². The quantitative estimate of drug-likeness (QED) is 0.334. The number of ether oxygens (including phenoxy) is 4. The Labute approximate surface area is 248 Å². The van der Waals surface area contributed by atoms with E-state index in [2.05, 4.69) is 4.98 Å². The van der Waals surface area contributed by atoms with Crippen LogP contribution in [0.3, 0.4) is 0 Å². The van der Waals surface area contributed by atoms with Gasteiger partial charge in [-0.05, 0) is 42.3 Å². The lowest BCUT2D eigenvalue weighted by atomic mass is 10.0. The summed E-state index contributed by atoms with van der Waals surface area (Å²) in [6.45, 7) is 1.31. The summed E-state index contributed by atoms with van der Waals surface area (Å²) in [5.74, 6) is 0.223. The van der Waals surface area contributed by atoms with E-state index in [1.54, 1.807) is 18.2 Å². The molecule has 0 spiro atoms. The number of amides is 1. The fourth-order valence-corrected chi connectivity index (χ4v) is 4.99. The van der Waals surface area contributed by atoms with Gasteiger partial charge in [-0.3, -0.25) is 4.79 Å². The molecule has 3 aromatic rings. The van der Waals surface area contributed by atoms with Gasteiger partial charge in [0.1, 0.15) is 17.1 Å². The van der Waals surface area contributed by atoms with Crippen molar-refractivity contribution in [3.63, 3.8) is 0 Å². The number of benzene rings is 2. The van der Waals surface area contributed by atoms with Crippen molar-refractivity contribution < 1.29 is 50.1 Å². The topological polar surface area (TPSA) is 86.3 Å². The normalized spacial score (nSPS) is 16.1. The third kappa shape index (κ3) is 6.61. The summed E-state index contributed by atoms with van der Waals surface area (Å²) in [5.41, 5.74) is -2.88. The molecule has 0 atom stereocenters.